The van der Waals surface area contributed by atoms with Gasteiger partial charge in [0.1, 0.15) is 0 Å². The van der Waals surface area contributed by atoms with Crippen LogP contribution in [0.4, 0.5) is 0 Å². The van der Waals surface area contributed by atoms with Gasteiger partial charge in [-0.25, -0.2) is 4.98 Å². The van der Waals surface area contributed by atoms with Gasteiger partial charge in [-0.1, -0.05) is 55.1 Å². The lowest BCUT2D eigenvalue weighted by Crippen LogP contribution is -2.23. The van der Waals surface area contributed by atoms with E-state index in [0.717, 1.165) is 24.1 Å². The highest BCUT2D eigenvalue weighted by Gasteiger charge is 2.22. The normalized spacial score (nSPS) is 16.8. The number of hydrogen-bond donors (Lipinski definition) is 1. The average molecular weight is 298 g/mol. The monoisotopic (exact) mass is 298 g/mol. The summed E-state index contributed by atoms with van der Waals surface area (Å²) in [6, 6.07) is 8.34. The maximum atomic E-state index is 12.4. The number of H-pyrrole nitrogens is 1. The number of nitrogens with zero attached hydrogens (tertiary/aromatic N) is 1. The number of allylic oxidation sites excluding steroid dienone is 1. The first-order valence-corrected chi connectivity index (χ1v) is 8.38. The number of nitrogens with one attached hydrogen (secondary N) is 1. The fraction of sp³-hybridized carbons (Fsp3) is 0.294. The Kier molecular flexibility index (Phi) is 3.97. The Labute approximate surface area is 128 Å². The minimum absolute atomic E-state index is 0.000214. The van der Waals surface area contributed by atoms with Crippen LogP contribution in [-0.2, 0) is 12.8 Å². The molecule has 1 atom stereocenters. The number of aromatic nitrogens is 2. The molecule has 3 rings (SSSR count). The SMILES string of the molecule is CCc1nc(SC)[nH]c(=O)c1C1C=Cc2ccccc2C1. The highest BCUT2D eigenvalue weighted by Crippen LogP contribution is 2.30. The Morgan fingerprint density at radius 1 is 1.38 bits per heavy atom. The zero-order valence-corrected chi connectivity index (χ0v) is 13.0. The summed E-state index contributed by atoms with van der Waals surface area (Å²) in [5.74, 6) is 0.113. The van der Waals surface area contributed by atoms with Crippen LogP contribution in [-0.4, -0.2) is 16.2 Å². The molecule has 2 aromatic rings. The first-order valence-electron chi connectivity index (χ1n) is 7.16. The highest BCUT2D eigenvalue weighted by atomic mass is 32.2. The molecule has 1 N–H and O–H groups in total. The largest absolute Gasteiger partial charge is 0.301 e. The molecule has 0 fully saturated rings. The first-order chi connectivity index (χ1) is 10.2. The van der Waals surface area contributed by atoms with E-state index in [1.165, 1.54) is 22.9 Å². The third-order valence-corrected chi connectivity index (χ3v) is 4.49. The van der Waals surface area contributed by atoms with Crippen LogP contribution in [0.3, 0.4) is 0 Å². The Morgan fingerprint density at radius 2 is 2.19 bits per heavy atom. The molecular formula is C17H18N2OS. The summed E-state index contributed by atoms with van der Waals surface area (Å²) < 4.78 is 0. The average Bonchev–Trinajstić information content (AvgIpc) is 2.53. The van der Waals surface area contributed by atoms with E-state index in [1.807, 2.05) is 12.3 Å². The Morgan fingerprint density at radius 3 is 2.95 bits per heavy atom. The van der Waals surface area contributed by atoms with Crippen LogP contribution in [0.1, 0.15) is 35.2 Å². The maximum absolute atomic E-state index is 12.4. The third-order valence-electron chi connectivity index (χ3n) is 3.91. The molecule has 0 amide bonds. The molecule has 1 aromatic carbocycles. The van der Waals surface area contributed by atoms with Crippen LogP contribution < -0.4 is 5.56 Å². The summed E-state index contributed by atoms with van der Waals surface area (Å²) in [4.78, 5) is 19.9. The summed E-state index contributed by atoms with van der Waals surface area (Å²) in [5.41, 5.74) is 4.27. The van der Waals surface area contributed by atoms with Crippen molar-refractivity contribution in [3.8, 4) is 0 Å². The molecule has 1 aliphatic carbocycles. The van der Waals surface area contributed by atoms with Crippen molar-refractivity contribution in [2.24, 2.45) is 0 Å². The van der Waals surface area contributed by atoms with Crippen molar-refractivity contribution in [1.82, 2.24) is 9.97 Å². The molecule has 1 heterocycles. The first kappa shape index (κ1) is 14.1. The number of aryl methyl sites for hydroxylation is 1. The number of aromatic amines is 1. The van der Waals surface area contributed by atoms with Gasteiger partial charge < -0.3 is 4.98 Å². The van der Waals surface area contributed by atoms with Gasteiger partial charge >= 0.3 is 0 Å². The number of rotatable bonds is 3. The van der Waals surface area contributed by atoms with Crippen molar-refractivity contribution >= 4 is 17.8 Å². The summed E-state index contributed by atoms with van der Waals surface area (Å²) in [5, 5.41) is 0.695. The van der Waals surface area contributed by atoms with Crippen molar-refractivity contribution in [2.45, 2.75) is 30.8 Å². The summed E-state index contributed by atoms with van der Waals surface area (Å²) in [6.45, 7) is 2.05. The fourth-order valence-electron chi connectivity index (χ4n) is 2.86. The predicted molar refractivity (Wildman–Crippen MR) is 87.9 cm³/mol. The van der Waals surface area contributed by atoms with Gasteiger partial charge in [0.25, 0.3) is 5.56 Å². The van der Waals surface area contributed by atoms with E-state index < -0.39 is 0 Å². The number of thioether (sulfide) groups is 1. The zero-order valence-electron chi connectivity index (χ0n) is 12.2. The smallest absolute Gasteiger partial charge is 0.255 e. The predicted octanol–water partition coefficient (Wildman–Crippen LogP) is 3.41. The van der Waals surface area contributed by atoms with Crippen LogP contribution in [0.15, 0.2) is 40.3 Å². The van der Waals surface area contributed by atoms with E-state index in [-0.39, 0.29) is 11.5 Å². The molecule has 4 heteroatoms. The molecule has 0 saturated heterocycles. The lowest BCUT2D eigenvalue weighted by Gasteiger charge is -2.21. The van der Waals surface area contributed by atoms with Gasteiger partial charge in [-0.05, 0) is 30.2 Å². The van der Waals surface area contributed by atoms with Crippen molar-refractivity contribution in [1.29, 1.82) is 0 Å². The minimum atomic E-state index is 0.000214. The molecule has 0 aliphatic heterocycles. The van der Waals surface area contributed by atoms with Gasteiger partial charge in [0, 0.05) is 11.5 Å². The standard InChI is InChI=1S/C17H18N2OS/c1-3-14-15(16(20)19-17(18-14)21-2)13-9-8-11-6-4-5-7-12(11)10-13/h4-9,13H,3,10H2,1-2H3,(H,18,19,20). The van der Waals surface area contributed by atoms with E-state index in [0.29, 0.717) is 5.16 Å². The molecular weight excluding hydrogens is 280 g/mol. The molecule has 1 aliphatic rings. The van der Waals surface area contributed by atoms with Crippen molar-refractivity contribution in [3.63, 3.8) is 0 Å². The number of fused-ring (bicyclic) bond motifs is 1. The second-order valence-electron chi connectivity index (χ2n) is 5.16. The lowest BCUT2D eigenvalue weighted by atomic mass is 9.84. The number of hydrogen-bond acceptors (Lipinski definition) is 3. The van der Waals surface area contributed by atoms with Crippen LogP contribution in [0.2, 0.25) is 0 Å². The fourth-order valence-corrected chi connectivity index (χ4v) is 3.26. The topological polar surface area (TPSA) is 45.8 Å². The number of benzene rings is 1. The maximum Gasteiger partial charge on any atom is 0.255 e. The van der Waals surface area contributed by atoms with Crippen molar-refractivity contribution in [2.75, 3.05) is 6.26 Å². The molecule has 0 radical (unpaired) electrons. The Hall–Kier alpha value is -1.81. The summed E-state index contributed by atoms with van der Waals surface area (Å²) in [6.07, 6.45) is 7.81. The molecule has 21 heavy (non-hydrogen) atoms. The minimum Gasteiger partial charge on any atom is -0.301 e. The van der Waals surface area contributed by atoms with Crippen molar-refractivity contribution < 1.29 is 0 Å². The van der Waals surface area contributed by atoms with Gasteiger partial charge in [0.05, 0.1) is 5.69 Å². The van der Waals surface area contributed by atoms with Crippen LogP contribution in [0, 0.1) is 0 Å². The Bertz CT molecular complexity index is 749. The van der Waals surface area contributed by atoms with Crippen LogP contribution >= 0.6 is 11.8 Å². The second kappa shape index (κ2) is 5.90. The van der Waals surface area contributed by atoms with Gasteiger partial charge in [-0.3, -0.25) is 4.79 Å². The molecule has 1 unspecified atom stereocenters. The third kappa shape index (κ3) is 2.68. The van der Waals surface area contributed by atoms with Crippen LogP contribution in [0.5, 0.6) is 0 Å². The molecule has 108 valence electrons. The Balaban J connectivity index is 2.05. The molecule has 0 saturated carbocycles. The molecule has 3 nitrogen and oxygen atoms in total. The van der Waals surface area contributed by atoms with Crippen LogP contribution in [0.25, 0.3) is 6.08 Å². The van der Waals surface area contributed by atoms with E-state index in [4.69, 9.17) is 0 Å². The second-order valence-corrected chi connectivity index (χ2v) is 5.95. The van der Waals surface area contributed by atoms with E-state index in [1.54, 1.807) is 0 Å². The van der Waals surface area contributed by atoms with Gasteiger partial charge in [-0.15, -0.1) is 0 Å². The van der Waals surface area contributed by atoms with E-state index in [2.05, 4.69) is 47.2 Å². The summed E-state index contributed by atoms with van der Waals surface area (Å²) >= 11 is 1.47. The quantitative estimate of drug-likeness (QED) is 0.697. The lowest BCUT2D eigenvalue weighted by molar-refractivity contribution is 0.747. The highest BCUT2D eigenvalue weighted by molar-refractivity contribution is 7.98. The van der Waals surface area contributed by atoms with Gasteiger partial charge in [-0.2, -0.15) is 0 Å². The molecule has 1 aromatic heterocycles. The molecule has 0 spiro atoms. The van der Waals surface area contributed by atoms with Gasteiger partial charge in [0.15, 0.2) is 5.16 Å². The summed E-state index contributed by atoms with van der Waals surface area (Å²) in [7, 11) is 0. The zero-order chi connectivity index (χ0) is 14.8. The van der Waals surface area contributed by atoms with E-state index >= 15 is 0 Å². The van der Waals surface area contributed by atoms with Gasteiger partial charge in [0.2, 0.25) is 0 Å². The van der Waals surface area contributed by atoms with E-state index in [9.17, 15) is 4.79 Å². The van der Waals surface area contributed by atoms with Crippen molar-refractivity contribution in [3.05, 3.63) is 63.1 Å². The molecule has 0 bridgehead atoms.